The Morgan fingerprint density at radius 3 is 1.54 bits per heavy atom. The molecule has 0 radical (unpaired) electrons. The third-order valence-electron chi connectivity index (χ3n) is 9.14. The van der Waals surface area contributed by atoms with Crippen LogP contribution in [-0.4, -0.2) is 9.13 Å². The molecule has 2 aromatic heterocycles. The van der Waals surface area contributed by atoms with Crippen LogP contribution in [0.3, 0.4) is 0 Å². The molecule has 1 aliphatic rings. The van der Waals surface area contributed by atoms with Gasteiger partial charge in [0.2, 0.25) is 0 Å². The molecule has 0 saturated heterocycles. The van der Waals surface area contributed by atoms with Gasteiger partial charge in [-0.05, 0) is 89.7 Å². The molecule has 0 bridgehead atoms. The van der Waals surface area contributed by atoms with Crippen LogP contribution in [0.4, 0.5) is 0 Å². The number of allylic oxidation sites excluding steroid dienone is 4. The molecule has 8 aromatic rings. The second-order valence-electron chi connectivity index (χ2n) is 11.7. The summed E-state index contributed by atoms with van der Waals surface area (Å²) in [6.45, 7) is 8.00. The molecule has 0 fully saturated rings. The highest BCUT2D eigenvalue weighted by molar-refractivity contribution is 6.28. The van der Waals surface area contributed by atoms with Gasteiger partial charge in [-0.15, -0.1) is 0 Å². The van der Waals surface area contributed by atoms with Crippen LogP contribution >= 0.6 is 0 Å². The van der Waals surface area contributed by atoms with Crippen LogP contribution in [0, 0.1) is 0 Å². The predicted molar refractivity (Wildman–Crippen MR) is 210 cm³/mol. The molecule has 0 N–H and O–H groups in total. The average Bonchev–Trinajstić information content (AvgIpc) is 3.70. The van der Waals surface area contributed by atoms with E-state index in [1.54, 1.807) is 0 Å². The van der Waals surface area contributed by atoms with E-state index < -0.39 is 0 Å². The van der Waals surface area contributed by atoms with Gasteiger partial charge in [0.15, 0.2) is 0 Å². The predicted octanol–water partition coefficient (Wildman–Crippen LogP) is 13.3. The maximum Gasteiger partial charge on any atom is 0.0548 e. The molecule has 6 aromatic carbocycles. The largest absolute Gasteiger partial charge is 0.309 e. The molecular weight excluding hydrogens is 581 g/mol. The molecule has 0 saturated carbocycles. The van der Waals surface area contributed by atoms with Crippen molar-refractivity contribution in [2.75, 3.05) is 0 Å². The standard InChI is InChI=1S/C42H30N2.2C2H6/c1-3-12-29(13-4-1)31-14-11-15-32(28-31)30-22-24-34(25-23-30)44-38-21-10-8-19-36(38)42-40(44)27-26-39-41(42)35-18-7-9-20-37(35)43(39)33-16-5-2-6-17-33;2*1-2/h2-3,5-28H,1,4H2;2*1-2H3. The molecule has 2 heteroatoms. The van der Waals surface area contributed by atoms with Crippen molar-refractivity contribution >= 4 is 49.2 Å². The first-order chi connectivity index (χ1) is 23.8. The molecule has 48 heavy (non-hydrogen) atoms. The number of aromatic nitrogens is 2. The van der Waals surface area contributed by atoms with E-state index in [9.17, 15) is 0 Å². The number of para-hydroxylation sites is 3. The van der Waals surface area contributed by atoms with Crippen LogP contribution in [0.5, 0.6) is 0 Å². The lowest BCUT2D eigenvalue weighted by atomic mass is 9.96. The van der Waals surface area contributed by atoms with Gasteiger partial charge >= 0.3 is 0 Å². The normalized spacial score (nSPS) is 12.5. The molecule has 9 rings (SSSR count). The van der Waals surface area contributed by atoms with Crippen molar-refractivity contribution in [2.45, 2.75) is 40.5 Å². The minimum Gasteiger partial charge on any atom is -0.309 e. The Morgan fingerprint density at radius 1 is 0.417 bits per heavy atom. The first kappa shape index (κ1) is 31.0. The number of fused-ring (bicyclic) bond motifs is 7. The Bertz CT molecular complexity index is 2420. The third-order valence-corrected chi connectivity index (χ3v) is 9.14. The highest BCUT2D eigenvalue weighted by Crippen LogP contribution is 2.42. The number of benzene rings is 6. The van der Waals surface area contributed by atoms with Crippen molar-refractivity contribution in [1.29, 1.82) is 0 Å². The van der Waals surface area contributed by atoms with Crippen molar-refractivity contribution in [3.8, 4) is 22.5 Å². The maximum atomic E-state index is 2.43. The summed E-state index contributed by atoms with van der Waals surface area (Å²) in [7, 11) is 0. The van der Waals surface area contributed by atoms with Crippen LogP contribution in [-0.2, 0) is 0 Å². The smallest absolute Gasteiger partial charge is 0.0548 e. The summed E-state index contributed by atoms with van der Waals surface area (Å²) in [6.07, 6.45) is 9.12. The van der Waals surface area contributed by atoms with Crippen molar-refractivity contribution in [3.63, 3.8) is 0 Å². The SMILES string of the molecule is C1=CC(c2cccc(-c3ccc(-n4c5ccccc5c5c6c7ccccc7n(-c7ccccc7)c6ccc54)cc3)c2)=CCC1.CC.CC. The van der Waals surface area contributed by atoms with Crippen LogP contribution in [0.25, 0.3) is 71.7 Å². The highest BCUT2D eigenvalue weighted by Gasteiger charge is 2.20. The van der Waals surface area contributed by atoms with Gasteiger partial charge in [-0.25, -0.2) is 0 Å². The minimum absolute atomic E-state index is 1.11. The number of hydrogen-bond acceptors (Lipinski definition) is 0. The summed E-state index contributed by atoms with van der Waals surface area (Å²) in [4.78, 5) is 0. The van der Waals surface area contributed by atoms with Crippen molar-refractivity contribution in [1.82, 2.24) is 9.13 Å². The summed E-state index contributed by atoms with van der Waals surface area (Å²) < 4.78 is 4.83. The molecule has 0 atom stereocenters. The van der Waals surface area contributed by atoms with Crippen LogP contribution < -0.4 is 0 Å². The number of nitrogens with zero attached hydrogens (tertiary/aromatic N) is 2. The zero-order valence-corrected chi connectivity index (χ0v) is 28.3. The van der Waals surface area contributed by atoms with E-state index in [4.69, 9.17) is 0 Å². The lowest BCUT2D eigenvalue weighted by Crippen LogP contribution is -1.95. The topological polar surface area (TPSA) is 9.86 Å². The summed E-state index contributed by atoms with van der Waals surface area (Å²) in [6, 6.07) is 50.9. The molecular formula is C46H42N2. The van der Waals surface area contributed by atoms with E-state index in [2.05, 4.69) is 167 Å². The summed E-state index contributed by atoms with van der Waals surface area (Å²) in [5, 5.41) is 5.15. The molecule has 1 aliphatic carbocycles. The third kappa shape index (κ3) is 5.24. The summed E-state index contributed by atoms with van der Waals surface area (Å²) in [5.41, 5.74) is 12.3. The lowest BCUT2D eigenvalue weighted by molar-refractivity contribution is 1.04. The molecule has 0 spiro atoms. The molecule has 2 nitrogen and oxygen atoms in total. The molecule has 2 heterocycles. The van der Waals surface area contributed by atoms with E-state index in [1.807, 2.05) is 27.7 Å². The van der Waals surface area contributed by atoms with Crippen LogP contribution in [0.2, 0.25) is 0 Å². The van der Waals surface area contributed by atoms with Crippen LogP contribution in [0.15, 0.2) is 158 Å². The van der Waals surface area contributed by atoms with Gasteiger partial charge in [0.05, 0.1) is 22.1 Å². The molecule has 0 aliphatic heterocycles. The first-order valence-corrected chi connectivity index (χ1v) is 17.4. The van der Waals surface area contributed by atoms with Gasteiger partial charge < -0.3 is 9.13 Å². The van der Waals surface area contributed by atoms with Crippen molar-refractivity contribution in [2.24, 2.45) is 0 Å². The summed E-state index contributed by atoms with van der Waals surface area (Å²) >= 11 is 0. The Hall–Kier alpha value is -5.60. The highest BCUT2D eigenvalue weighted by atomic mass is 15.0. The second kappa shape index (κ2) is 13.6. The minimum atomic E-state index is 1.11. The maximum absolute atomic E-state index is 2.43. The Balaban J connectivity index is 0.000000880. The van der Waals surface area contributed by atoms with Crippen molar-refractivity contribution in [3.05, 3.63) is 163 Å². The summed E-state index contributed by atoms with van der Waals surface area (Å²) in [5.74, 6) is 0. The number of rotatable bonds is 4. The lowest BCUT2D eigenvalue weighted by Gasteiger charge is -2.12. The zero-order valence-electron chi connectivity index (χ0n) is 28.3. The monoisotopic (exact) mass is 622 g/mol. The number of hydrogen-bond donors (Lipinski definition) is 0. The molecule has 0 unspecified atom stereocenters. The van der Waals surface area contributed by atoms with Gasteiger partial charge in [-0.1, -0.05) is 131 Å². The van der Waals surface area contributed by atoms with Gasteiger partial charge in [0, 0.05) is 32.9 Å². The Labute approximate surface area is 283 Å². The van der Waals surface area contributed by atoms with E-state index in [0.717, 1.165) is 12.8 Å². The van der Waals surface area contributed by atoms with Crippen molar-refractivity contribution < 1.29 is 0 Å². The second-order valence-corrected chi connectivity index (χ2v) is 11.7. The fourth-order valence-corrected chi connectivity index (χ4v) is 7.16. The molecule has 236 valence electrons. The first-order valence-electron chi connectivity index (χ1n) is 17.4. The fraction of sp³-hybridized carbons (Fsp3) is 0.130. The Morgan fingerprint density at radius 2 is 0.958 bits per heavy atom. The quantitative estimate of drug-likeness (QED) is 0.185. The van der Waals surface area contributed by atoms with E-state index in [1.165, 1.54) is 77.2 Å². The average molecular weight is 623 g/mol. The van der Waals surface area contributed by atoms with Gasteiger partial charge in [-0.2, -0.15) is 0 Å². The Kier molecular flexibility index (Phi) is 8.81. The van der Waals surface area contributed by atoms with Gasteiger partial charge in [0.1, 0.15) is 0 Å². The van der Waals surface area contributed by atoms with Gasteiger partial charge in [-0.3, -0.25) is 0 Å². The van der Waals surface area contributed by atoms with E-state index in [-0.39, 0.29) is 0 Å². The fourth-order valence-electron chi connectivity index (χ4n) is 7.16. The van der Waals surface area contributed by atoms with E-state index >= 15 is 0 Å². The molecule has 0 amide bonds. The van der Waals surface area contributed by atoms with Crippen LogP contribution in [0.1, 0.15) is 46.1 Å². The van der Waals surface area contributed by atoms with Gasteiger partial charge in [0.25, 0.3) is 0 Å². The zero-order chi connectivity index (χ0) is 33.0. The van der Waals surface area contributed by atoms with E-state index in [0.29, 0.717) is 0 Å².